The summed E-state index contributed by atoms with van der Waals surface area (Å²) in [5.41, 5.74) is 23.2. The SMILES string of the molecule is CC(C)CCCCC(=O)NC(CCN)C(=O)NC(C(=O)NC(CCN)C(=O)NC1CCNC(=O)C(C(C)O)NC(=O)C(CCN)NC(=O)C(CCN)NC(=O)C(CC(C)C)NC(=O)C(CC(C)C)NC1=O)C(C)O. The fourth-order valence-corrected chi connectivity index (χ4v) is 7.91. The van der Waals surface area contributed by atoms with Crippen LogP contribution in [0.4, 0.5) is 0 Å². The second-order valence-corrected chi connectivity index (χ2v) is 20.2. The van der Waals surface area contributed by atoms with Crippen LogP contribution in [0.15, 0.2) is 0 Å². The standard InChI is InChI=1S/C48H90N14O12/c1-25(2)11-9-10-12-37(65)54-30(13-18-49)43(69)62-39(29(8)64)48(74)58-32(15-20-51)41(67)57-34-17-22-53-47(73)38(28(7)63)61-44(70)33(16-21-52)55-40(66)31(14-19-50)56-45(71)35(23-26(3)4)60-46(72)36(24-27(5)6)59-42(34)68/h25-36,38-39,63-64H,9-24,49-52H2,1-8H3,(H,53,73)(H,54,65)(H,55,66)(H,56,71)(H,57,67)(H,58,74)(H,59,68)(H,60,72)(H,61,70)(H,62,69). The van der Waals surface area contributed by atoms with Crippen molar-refractivity contribution in [1.29, 1.82) is 0 Å². The van der Waals surface area contributed by atoms with Crippen LogP contribution in [0.2, 0.25) is 0 Å². The van der Waals surface area contributed by atoms with E-state index in [0.29, 0.717) is 12.3 Å². The van der Waals surface area contributed by atoms with Crippen molar-refractivity contribution in [3.63, 3.8) is 0 Å². The fourth-order valence-electron chi connectivity index (χ4n) is 7.91. The Morgan fingerprint density at radius 2 is 1.01 bits per heavy atom. The van der Waals surface area contributed by atoms with E-state index < -0.39 is 126 Å². The molecule has 0 spiro atoms. The predicted molar refractivity (Wildman–Crippen MR) is 275 cm³/mol. The number of carbonyl (C=O) groups is 10. The molecule has 20 N–H and O–H groups in total. The van der Waals surface area contributed by atoms with Gasteiger partial charge >= 0.3 is 0 Å². The van der Waals surface area contributed by atoms with Crippen LogP contribution in [0.3, 0.4) is 0 Å². The van der Waals surface area contributed by atoms with E-state index in [9.17, 15) is 58.2 Å². The Bertz CT molecular complexity index is 1840. The lowest BCUT2D eigenvalue weighted by Gasteiger charge is -2.30. The Morgan fingerprint density at radius 3 is 1.47 bits per heavy atom. The van der Waals surface area contributed by atoms with Crippen LogP contribution in [-0.4, -0.2) is 169 Å². The highest BCUT2D eigenvalue weighted by molar-refractivity contribution is 5.98. The molecule has 1 heterocycles. The molecule has 1 aliphatic rings. The van der Waals surface area contributed by atoms with E-state index in [-0.39, 0.29) is 95.9 Å². The Labute approximate surface area is 435 Å². The quantitative estimate of drug-likeness (QED) is 0.0362. The van der Waals surface area contributed by atoms with E-state index in [2.05, 4.69) is 67.0 Å². The van der Waals surface area contributed by atoms with Crippen molar-refractivity contribution in [1.82, 2.24) is 53.2 Å². The first-order valence-corrected chi connectivity index (χ1v) is 26.0. The van der Waals surface area contributed by atoms with E-state index in [0.717, 1.165) is 12.8 Å². The van der Waals surface area contributed by atoms with Gasteiger partial charge in [0.25, 0.3) is 0 Å². The van der Waals surface area contributed by atoms with E-state index in [1.807, 2.05) is 0 Å². The minimum absolute atomic E-state index is 0.00260. The molecule has 0 aromatic rings. The molecule has 0 bridgehead atoms. The van der Waals surface area contributed by atoms with Crippen molar-refractivity contribution in [2.24, 2.45) is 40.7 Å². The number of aliphatic hydroxyl groups is 2. The third-order valence-corrected chi connectivity index (χ3v) is 12.0. The number of nitrogens with two attached hydrogens (primary N) is 4. The van der Waals surface area contributed by atoms with Gasteiger partial charge in [-0.1, -0.05) is 54.4 Å². The third-order valence-electron chi connectivity index (χ3n) is 12.0. The van der Waals surface area contributed by atoms with Gasteiger partial charge in [0.2, 0.25) is 59.1 Å². The van der Waals surface area contributed by atoms with Crippen LogP contribution in [-0.2, 0) is 47.9 Å². The molecule has 0 aromatic carbocycles. The van der Waals surface area contributed by atoms with Gasteiger partial charge in [-0.2, -0.15) is 0 Å². The number of rotatable bonds is 26. The highest BCUT2D eigenvalue weighted by Gasteiger charge is 2.37. The van der Waals surface area contributed by atoms with Gasteiger partial charge in [0.15, 0.2) is 0 Å². The lowest BCUT2D eigenvalue weighted by molar-refractivity contribution is -0.137. The third kappa shape index (κ3) is 24.7. The maximum absolute atomic E-state index is 14.4. The molecule has 74 heavy (non-hydrogen) atoms. The molecule has 1 saturated heterocycles. The zero-order chi connectivity index (χ0) is 56.2. The Hall–Kier alpha value is -5.54. The molecule has 0 aromatic heterocycles. The summed E-state index contributed by atoms with van der Waals surface area (Å²) in [5, 5.41) is 46.9. The molecule has 11 atom stereocenters. The lowest BCUT2D eigenvalue weighted by Crippen LogP contribution is -2.62. The van der Waals surface area contributed by atoms with Gasteiger partial charge < -0.3 is 86.3 Å². The summed E-state index contributed by atoms with van der Waals surface area (Å²) < 4.78 is 0. The molecule has 11 unspecified atom stereocenters. The Morgan fingerprint density at radius 1 is 0.541 bits per heavy atom. The first-order chi connectivity index (χ1) is 34.8. The molecule has 1 rings (SSSR count). The van der Waals surface area contributed by atoms with Crippen molar-refractivity contribution in [3.05, 3.63) is 0 Å². The summed E-state index contributed by atoms with van der Waals surface area (Å²) in [6.45, 7) is 13.0. The molecule has 1 aliphatic heterocycles. The Kier molecular flexibility index (Phi) is 31.3. The minimum atomic E-state index is -1.66. The second kappa shape index (κ2) is 34.9. The molecule has 0 aliphatic carbocycles. The van der Waals surface area contributed by atoms with Crippen LogP contribution in [0.5, 0.6) is 0 Å². The largest absolute Gasteiger partial charge is 0.391 e. The summed E-state index contributed by atoms with van der Waals surface area (Å²) in [5.74, 6) is -8.28. The zero-order valence-corrected chi connectivity index (χ0v) is 44.7. The number of carbonyl (C=O) groups excluding carboxylic acids is 10. The molecular formula is C48H90N14O12. The fraction of sp³-hybridized carbons (Fsp3) is 0.792. The number of amides is 10. The van der Waals surface area contributed by atoms with Crippen molar-refractivity contribution < 1.29 is 58.2 Å². The molecule has 1 fully saturated rings. The predicted octanol–water partition coefficient (Wildman–Crippen LogP) is -4.67. The number of aliphatic hydroxyl groups excluding tert-OH is 2. The van der Waals surface area contributed by atoms with Crippen LogP contribution in [0.25, 0.3) is 0 Å². The van der Waals surface area contributed by atoms with Crippen LogP contribution < -0.4 is 76.1 Å². The maximum atomic E-state index is 14.4. The molecule has 26 nitrogen and oxygen atoms in total. The summed E-state index contributed by atoms with van der Waals surface area (Å²) in [4.78, 5) is 137. The highest BCUT2D eigenvalue weighted by atomic mass is 16.3. The van der Waals surface area contributed by atoms with E-state index in [1.54, 1.807) is 27.7 Å². The van der Waals surface area contributed by atoms with Gasteiger partial charge in [0.1, 0.15) is 54.4 Å². The first-order valence-electron chi connectivity index (χ1n) is 26.0. The number of hydrogen-bond acceptors (Lipinski definition) is 16. The van der Waals surface area contributed by atoms with Crippen molar-refractivity contribution in [2.45, 2.75) is 193 Å². The average molecular weight is 1060 g/mol. The van der Waals surface area contributed by atoms with Crippen molar-refractivity contribution in [2.75, 3.05) is 32.7 Å². The number of nitrogens with one attached hydrogen (secondary N) is 10. The zero-order valence-electron chi connectivity index (χ0n) is 44.7. The topological polar surface area (TPSA) is 436 Å². The molecule has 424 valence electrons. The van der Waals surface area contributed by atoms with E-state index >= 15 is 0 Å². The summed E-state index contributed by atoms with van der Waals surface area (Å²) in [6.07, 6.45) is -1.25. The summed E-state index contributed by atoms with van der Waals surface area (Å²) in [6, 6.07) is -12.7. The average Bonchev–Trinajstić information content (AvgIpc) is 3.31. The molecule has 0 saturated carbocycles. The normalized spacial score (nSPS) is 22.9. The summed E-state index contributed by atoms with van der Waals surface area (Å²) >= 11 is 0. The molecule has 10 amide bonds. The Balaban J connectivity index is 3.70. The van der Waals surface area contributed by atoms with Crippen LogP contribution >= 0.6 is 0 Å². The van der Waals surface area contributed by atoms with Crippen LogP contribution in [0, 0.1) is 17.8 Å². The highest BCUT2D eigenvalue weighted by Crippen LogP contribution is 2.12. The lowest BCUT2D eigenvalue weighted by atomic mass is 9.99. The first kappa shape index (κ1) is 66.5. The monoisotopic (exact) mass is 1050 g/mol. The summed E-state index contributed by atoms with van der Waals surface area (Å²) in [7, 11) is 0. The van der Waals surface area contributed by atoms with Gasteiger partial charge in [-0.25, -0.2) is 0 Å². The van der Waals surface area contributed by atoms with Gasteiger partial charge in [0, 0.05) is 13.0 Å². The van der Waals surface area contributed by atoms with E-state index in [1.165, 1.54) is 13.8 Å². The molecule has 0 radical (unpaired) electrons. The van der Waals surface area contributed by atoms with Crippen molar-refractivity contribution >= 4 is 59.1 Å². The van der Waals surface area contributed by atoms with Crippen LogP contribution in [0.1, 0.15) is 126 Å². The number of hydrogen-bond donors (Lipinski definition) is 16. The second-order valence-electron chi connectivity index (χ2n) is 20.2. The number of unbranched alkanes of at least 4 members (excludes halogenated alkanes) is 1. The van der Waals surface area contributed by atoms with E-state index in [4.69, 9.17) is 22.9 Å². The van der Waals surface area contributed by atoms with Gasteiger partial charge in [-0.15, -0.1) is 0 Å². The van der Waals surface area contributed by atoms with Gasteiger partial charge in [0.05, 0.1) is 12.2 Å². The van der Waals surface area contributed by atoms with Gasteiger partial charge in [-0.3, -0.25) is 47.9 Å². The van der Waals surface area contributed by atoms with Crippen molar-refractivity contribution in [3.8, 4) is 0 Å². The smallest absolute Gasteiger partial charge is 0.245 e. The molecular weight excluding hydrogens is 965 g/mol. The minimum Gasteiger partial charge on any atom is -0.391 e. The maximum Gasteiger partial charge on any atom is 0.245 e. The van der Waals surface area contributed by atoms with Gasteiger partial charge in [-0.05, 0) is 109 Å². The molecule has 26 heteroatoms.